The summed E-state index contributed by atoms with van der Waals surface area (Å²) in [6.45, 7) is 4.09. The summed E-state index contributed by atoms with van der Waals surface area (Å²) in [5.74, 6) is -1.14. The van der Waals surface area contributed by atoms with Crippen molar-refractivity contribution < 1.29 is 19.4 Å². The molecule has 1 unspecified atom stereocenters. The van der Waals surface area contributed by atoms with Crippen molar-refractivity contribution in [2.45, 2.75) is 19.0 Å². The van der Waals surface area contributed by atoms with Crippen molar-refractivity contribution >= 4 is 11.9 Å². The number of aromatic nitrogens is 3. The lowest BCUT2D eigenvalue weighted by Gasteiger charge is -2.41. The number of methoxy groups -OCH3 is 1. The first-order valence-corrected chi connectivity index (χ1v) is 6.68. The van der Waals surface area contributed by atoms with Crippen molar-refractivity contribution in [3.05, 3.63) is 11.9 Å². The van der Waals surface area contributed by atoms with Crippen molar-refractivity contribution in [2.75, 3.05) is 33.4 Å². The van der Waals surface area contributed by atoms with Crippen LogP contribution in [0.15, 0.2) is 6.20 Å². The number of hydrogen-bond donors (Lipinski definition) is 2. The van der Waals surface area contributed by atoms with Gasteiger partial charge in [-0.25, -0.2) is 9.48 Å². The lowest BCUT2D eigenvalue weighted by molar-refractivity contribution is -0.128. The fraction of sp³-hybridized carbons (Fsp3) is 0.667. The van der Waals surface area contributed by atoms with E-state index in [9.17, 15) is 9.59 Å². The van der Waals surface area contributed by atoms with Crippen LogP contribution in [-0.4, -0.2) is 76.3 Å². The van der Waals surface area contributed by atoms with Gasteiger partial charge in [0.2, 0.25) is 5.91 Å². The number of amides is 1. The quantitative estimate of drug-likeness (QED) is 0.620. The van der Waals surface area contributed by atoms with E-state index in [-0.39, 0.29) is 23.7 Å². The third-order valence-corrected chi connectivity index (χ3v) is 3.53. The highest BCUT2D eigenvalue weighted by atomic mass is 16.5. The number of ether oxygens (including phenoxy) is 1. The van der Waals surface area contributed by atoms with Crippen LogP contribution in [-0.2, 0) is 9.53 Å². The Hall–Kier alpha value is -2.00. The Morgan fingerprint density at radius 2 is 2.29 bits per heavy atom. The Morgan fingerprint density at radius 1 is 1.57 bits per heavy atom. The maximum absolute atomic E-state index is 11.9. The second kappa shape index (κ2) is 6.64. The van der Waals surface area contributed by atoms with Gasteiger partial charge in [0.25, 0.3) is 0 Å². The van der Waals surface area contributed by atoms with Gasteiger partial charge >= 0.3 is 5.97 Å². The van der Waals surface area contributed by atoms with E-state index in [4.69, 9.17) is 9.84 Å². The highest BCUT2D eigenvalue weighted by Gasteiger charge is 2.35. The van der Waals surface area contributed by atoms with Crippen molar-refractivity contribution in [1.82, 2.24) is 25.2 Å². The largest absolute Gasteiger partial charge is 0.476 e. The molecule has 0 aromatic carbocycles. The summed E-state index contributed by atoms with van der Waals surface area (Å²) in [5, 5.41) is 19.0. The van der Waals surface area contributed by atoms with E-state index in [1.807, 2.05) is 11.8 Å². The fourth-order valence-electron chi connectivity index (χ4n) is 2.11. The molecule has 0 bridgehead atoms. The molecule has 0 saturated carbocycles. The molecule has 1 aliphatic heterocycles. The van der Waals surface area contributed by atoms with Crippen LogP contribution in [0.1, 0.15) is 23.5 Å². The fourth-order valence-corrected chi connectivity index (χ4v) is 2.11. The number of likely N-dealkylation sites (tertiary alicyclic amines) is 1. The maximum Gasteiger partial charge on any atom is 0.358 e. The minimum Gasteiger partial charge on any atom is -0.476 e. The average Bonchev–Trinajstić information content (AvgIpc) is 2.86. The molecule has 9 nitrogen and oxygen atoms in total. The van der Waals surface area contributed by atoms with E-state index in [1.165, 1.54) is 10.9 Å². The molecule has 116 valence electrons. The van der Waals surface area contributed by atoms with Gasteiger partial charge in [0, 0.05) is 26.7 Å². The van der Waals surface area contributed by atoms with Crippen LogP contribution in [0, 0.1) is 0 Å². The van der Waals surface area contributed by atoms with Crippen LogP contribution in [0.4, 0.5) is 0 Å². The van der Waals surface area contributed by atoms with Crippen molar-refractivity contribution in [1.29, 1.82) is 0 Å². The van der Waals surface area contributed by atoms with Gasteiger partial charge in [0.05, 0.1) is 24.9 Å². The summed E-state index contributed by atoms with van der Waals surface area (Å²) in [6, 6.07) is -0.180. The van der Waals surface area contributed by atoms with Crippen LogP contribution in [0.2, 0.25) is 0 Å². The molecule has 1 saturated heterocycles. The van der Waals surface area contributed by atoms with Crippen LogP contribution < -0.4 is 5.32 Å². The number of aromatic carboxylic acids is 1. The molecule has 9 heteroatoms. The molecule has 1 aliphatic rings. The molecule has 0 spiro atoms. The van der Waals surface area contributed by atoms with Gasteiger partial charge in [0.1, 0.15) is 0 Å². The predicted octanol–water partition coefficient (Wildman–Crippen LogP) is -1.02. The number of carboxylic acids is 1. The first-order chi connectivity index (χ1) is 10.0. The minimum atomic E-state index is -1.09. The van der Waals surface area contributed by atoms with E-state index >= 15 is 0 Å². The van der Waals surface area contributed by atoms with Gasteiger partial charge in [-0.05, 0) is 6.92 Å². The molecule has 2 heterocycles. The van der Waals surface area contributed by atoms with E-state index in [0.717, 1.165) is 0 Å². The first-order valence-electron chi connectivity index (χ1n) is 6.68. The lowest BCUT2D eigenvalue weighted by Crippen LogP contribution is -2.56. The van der Waals surface area contributed by atoms with Crippen LogP contribution in [0.3, 0.4) is 0 Å². The molecule has 0 aliphatic carbocycles. The standard InChI is InChI=1S/C12H19N5O4/c1-8(11(18)13-3-4-21-2)16-5-9(6-16)17-7-10(12(19)20)14-15-17/h7-9H,3-6H2,1-2H3,(H,13,18)(H,19,20). The summed E-state index contributed by atoms with van der Waals surface area (Å²) in [4.78, 5) is 24.6. The Labute approximate surface area is 121 Å². The number of carbonyl (C=O) groups is 2. The van der Waals surface area contributed by atoms with Gasteiger partial charge in [0.15, 0.2) is 5.69 Å². The normalized spacial score (nSPS) is 17.2. The molecular weight excluding hydrogens is 278 g/mol. The molecule has 2 N–H and O–H groups in total. The first kappa shape index (κ1) is 15.4. The van der Waals surface area contributed by atoms with Crippen molar-refractivity contribution in [3.8, 4) is 0 Å². The number of nitrogens with zero attached hydrogens (tertiary/aromatic N) is 4. The third-order valence-electron chi connectivity index (χ3n) is 3.53. The Kier molecular flexibility index (Phi) is 4.86. The van der Waals surface area contributed by atoms with E-state index in [0.29, 0.717) is 26.2 Å². The molecule has 0 radical (unpaired) electrons. The zero-order chi connectivity index (χ0) is 15.4. The number of rotatable bonds is 7. The second-order valence-corrected chi connectivity index (χ2v) is 4.96. The van der Waals surface area contributed by atoms with Gasteiger partial charge in [-0.3, -0.25) is 9.69 Å². The maximum atomic E-state index is 11.9. The number of carboxylic acid groups (broad SMARTS) is 1. The molecule has 1 amide bonds. The molecule has 2 rings (SSSR count). The zero-order valence-electron chi connectivity index (χ0n) is 12.0. The van der Waals surface area contributed by atoms with Gasteiger partial charge < -0.3 is 15.2 Å². The van der Waals surface area contributed by atoms with E-state index in [1.54, 1.807) is 7.11 Å². The molecular formula is C12H19N5O4. The highest BCUT2D eigenvalue weighted by Crippen LogP contribution is 2.22. The van der Waals surface area contributed by atoms with Crippen molar-refractivity contribution in [3.63, 3.8) is 0 Å². The number of carbonyl (C=O) groups excluding carboxylic acids is 1. The lowest BCUT2D eigenvalue weighted by atomic mass is 10.1. The van der Waals surface area contributed by atoms with Crippen molar-refractivity contribution in [2.24, 2.45) is 0 Å². The number of nitrogens with one attached hydrogen (secondary N) is 1. The summed E-state index contributed by atoms with van der Waals surface area (Å²) in [7, 11) is 1.58. The molecule has 1 fully saturated rings. The molecule has 1 aromatic rings. The third kappa shape index (κ3) is 3.56. The van der Waals surface area contributed by atoms with E-state index < -0.39 is 5.97 Å². The smallest absolute Gasteiger partial charge is 0.358 e. The molecule has 1 atom stereocenters. The minimum absolute atomic E-state index is 0.0460. The summed E-state index contributed by atoms with van der Waals surface area (Å²) in [6.07, 6.45) is 1.41. The Morgan fingerprint density at radius 3 is 2.86 bits per heavy atom. The summed E-state index contributed by atoms with van der Waals surface area (Å²) < 4.78 is 6.41. The Bertz CT molecular complexity index is 512. The van der Waals surface area contributed by atoms with E-state index in [2.05, 4.69) is 15.6 Å². The number of hydrogen-bond acceptors (Lipinski definition) is 6. The van der Waals surface area contributed by atoms with Gasteiger partial charge in [-0.15, -0.1) is 5.10 Å². The molecule has 1 aromatic heterocycles. The molecule has 21 heavy (non-hydrogen) atoms. The second-order valence-electron chi connectivity index (χ2n) is 4.96. The van der Waals surface area contributed by atoms with Crippen LogP contribution in [0.5, 0.6) is 0 Å². The topological polar surface area (TPSA) is 110 Å². The van der Waals surface area contributed by atoms with Crippen LogP contribution in [0.25, 0.3) is 0 Å². The van der Waals surface area contributed by atoms with Crippen LogP contribution >= 0.6 is 0 Å². The monoisotopic (exact) mass is 297 g/mol. The van der Waals surface area contributed by atoms with Gasteiger partial charge in [-0.1, -0.05) is 5.21 Å². The Balaban J connectivity index is 1.79. The average molecular weight is 297 g/mol. The predicted molar refractivity (Wildman–Crippen MR) is 71.9 cm³/mol. The van der Waals surface area contributed by atoms with Gasteiger partial charge in [-0.2, -0.15) is 0 Å². The SMILES string of the molecule is COCCNC(=O)C(C)N1CC(n2cc(C(=O)O)nn2)C1. The zero-order valence-corrected chi connectivity index (χ0v) is 12.0. The summed E-state index contributed by atoms with van der Waals surface area (Å²) in [5.41, 5.74) is -0.0705. The highest BCUT2D eigenvalue weighted by molar-refractivity contribution is 5.84. The summed E-state index contributed by atoms with van der Waals surface area (Å²) >= 11 is 0.